The quantitative estimate of drug-likeness (QED) is 0.566. The predicted molar refractivity (Wildman–Crippen MR) is 60.4 cm³/mol. The molecule has 0 bridgehead atoms. The van der Waals surface area contributed by atoms with Gasteiger partial charge in [0, 0.05) is 6.66 Å². The number of quaternary nitrogens is 1. The van der Waals surface area contributed by atoms with E-state index in [-0.39, 0.29) is 0 Å². The summed E-state index contributed by atoms with van der Waals surface area (Å²) >= 11 is 0. The Balaban J connectivity index is 0. The molecule has 0 amide bonds. The summed E-state index contributed by atoms with van der Waals surface area (Å²) in [7, 11) is -3.64. The first-order valence-electron chi connectivity index (χ1n) is 5.12. The van der Waals surface area contributed by atoms with Crippen molar-refractivity contribution in [2.75, 3.05) is 32.8 Å². The molecule has 0 aliphatic heterocycles. The second-order valence-electron chi connectivity index (χ2n) is 3.44. The molecule has 0 saturated carbocycles. The lowest BCUT2D eigenvalue weighted by atomic mass is 10.3. The average Bonchev–Trinajstić information content (AvgIpc) is 2.07. The smallest absolute Gasteiger partial charge is 0.322 e. The lowest BCUT2D eigenvalue weighted by Crippen LogP contribution is -2.47. The van der Waals surface area contributed by atoms with E-state index in [9.17, 15) is 4.57 Å². The van der Waals surface area contributed by atoms with Gasteiger partial charge in [-0.3, -0.25) is 4.57 Å². The van der Waals surface area contributed by atoms with Crippen LogP contribution in [0.15, 0.2) is 0 Å². The van der Waals surface area contributed by atoms with Gasteiger partial charge in [0.1, 0.15) is 0 Å². The SMILES string of the molecule is CC[N+](CC)(CC)CC.CP(=O)(O)O. The third-order valence-corrected chi connectivity index (χ3v) is 2.68. The molecule has 88 valence electrons. The summed E-state index contributed by atoms with van der Waals surface area (Å²) in [5.74, 6) is 0. The third-order valence-electron chi connectivity index (χ3n) is 2.68. The molecule has 0 unspecified atom stereocenters. The summed E-state index contributed by atoms with van der Waals surface area (Å²) in [6, 6.07) is 0. The van der Waals surface area contributed by atoms with E-state index in [2.05, 4.69) is 27.7 Å². The van der Waals surface area contributed by atoms with Crippen LogP contribution in [0.4, 0.5) is 0 Å². The molecule has 0 fully saturated rings. The van der Waals surface area contributed by atoms with Crippen molar-refractivity contribution in [3.8, 4) is 0 Å². The molecule has 14 heavy (non-hydrogen) atoms. The summed E-state index contributed by atoms with van der Waals surface area (Å²) in [5, 5.41) is 0. The number of nitrogens with zero attached hydrogens (tertiary/aromatic N) is 1. The topological polar surface area (TPSA) is 57.5 Å². The van der Waals surface area contributed by atoms with Crippen molar-refractivity contribution >= 4 is 7.60 Å². The molecular formula is C9H25NO3P+. The minimum absolute atomic E-state index is 0.854. The van der Waals surface area contributed by atoms with Crippen molar-refractivity contribution in [3.63, 3.8) is 0 Å². The molecule has 5 heteroatoms. The van der Waals surface area contributed by atoms with Gasteiger partial charge in [-0.05, 0) is 27.7 Å². The minimum Gasteiger partial charge on any atom is -0.325 e. The maximum Gasteiger partial charge on any atom is 0.322 e. The Hall–Kier alpha value is 0.110. The van der Waals surface area contributed by atoms with E-state index in [0.29, 0.717) is 0 Å². The third kappa shape index (κ3) is 10.2. The summed E-state index contributed by atoms with van der Waals surface area (Å²) in [6.07, 6.45) is 0. The van der Waals surface area contributed by atoms with Gasteiger partial charge in [-0.25, -0.2) is 0 Å². The Morgan fingerprint density at radius 1 is 0.929 bits per heavy atom. The van der Waals surface area contributed by atoms with Gasteiger partial charge in [-0.1, -0.05) is 0 Å². The molecule has 0 atom stereocenters. The van der Waals surface area contributed by atoms with Crippen LogP contribution < -0.4 is 0 Å². The largest absolute Gasteiger partial charge is 0.325 e. The van der Waals surface area contributed by atoms with Crippen molar-refractivity contribution < 1.29 is 18.8 Å². The van der Waals surface area contributed by atoms with E-state index >= 15 is 0 Å². The number of hydrogen-bond donors (Lipinski definition) is 2. The molecule has 4 nitrogen and oxygen atoms in total. The first-order chi connectivity index (χ1) is 6.24. The Bertz CT molecular complexity index is 149. The zero-order valence-corrected chi connectivity index (χ0v) is 10.9. The monoisotopic (exact) mass is 226 g/mol. The lowest BCUT2D eigenvalue weighted by Gasteiger charge is -2.34. The normalized spacial score (nSPS) is 11.9. The summed E-state index contributed by atoms with van der Waals surface area (Å²) in [4.78, 5) is 15.3. The molecular weight excluding hydrogens is 201 g/mol. The minimum atomic E-state index is -3.64. The van der Waals surface area contributed by atoms with Gasteiger partial charge in [0.2, 0.25) is 0 Å². The van der Waals surface area contributed by atoms with Crippen LogP contribution >= 0.6 is 7.60 Å². The van der Waals surface area contributed by atoms with Crippen molar-refractivity contribution in [1.29, 1.82) is 0 Å². The van der Waals surface area contributed by atoms with Crippen LogP contribution in [0.3, 0.4) is 0 Å². The van der Waals surface area contributed by atoms with Crippen LogP contribution in [0.25, 0.3) is 0 Å². The molecule has 0 heterocycles. The first-order valence-corrected chi connectivity index (χ1v) is 7.18. The van der Waals surface area contributed by atoms with Crippen LogP contribution in [0.1, 0.15) is 27.7 Å². The van der Waals surface area contributed by atoms with Gasteiger partial charge in [0.05, 0.1) is 26.2 Å². The van der Waals surface area contributed by atoms with Gasteiger partial charge in [-0.15, -0.1) is 0 Å². The highest BCUT2D eigenvalue weighted by Crippen LogP contribution is 2.26. The highest BCUT2D eigenvalue weighted by Gasteiger charge is 2.16. The van der Waals surface area contributed by atoms with Crippen LogP contribution in [-0.4, -0.2) is 47.1 Å². The van der Waals surface area contributed by atoms with Crippen LogP contribution in [0, 0.1) is 0 Å². The van der Waals surface area contributed by atoms with Crippen LogP contribution in [0.2, 0.25) is 0 Å². The van der Waals surface area contributed by atoms with E-state index in [1.807, 2.05) is 0 Å². The molecule has 0 aliphatic carbocycles. The van der Waals surface area contributed by atoms with Crippen molar-refractivity contribution in [2.24, 2.45) is 0 Å². The van der Waals surface area contributed by atoms with E-state index in [0.717, 1.165) is 6.66 Å². The predicted octanol–water partition coefficient (Wildman–Crippen LogP) is 1.68. The summed E-state index contributed by atoms with van der Waals surface area (Å²) in [6.45, 7) is 15.1. The molecule has 0 aromatic rings. The fraction of sp³-hybridized carbons (Fsp3) is 1.00. The Kier molecular flexibility index (Phi) is 8.75. The standard InChI is InChI=1S/C8H20N.CH5O3P/c1-5-9(6-2,7-3)8-4;1-5(2,3)4/h5-8H2,1-4H3;1H3,(H2,2,3,4)/q+1;. The van der Waals surface area contributed by atoms with Crippen LogP contribution in [-0.2, 0) is 4.57 Å². The van der Waals surface area contributed by atoms with Gasteiger partial charge < -0.3 is 14.3 Å². The molecule has 0 aromatic heterocycles. The summed E-state index contributed by atoms with van der Waals surface area (Å²) in [5.41, 5.74) is 0. The van der Waals surface area contributed by atoms with Crippen molar-refractivity contribution in [3.05, 3.63) is 0 Å². The van der Waals surface area contributed by atoms with Gasteiger partial charge in [0.15, 0.2) is 0 Å². The zero-order chi connectivity index (χ0) is 11.8. The second kappa shape index (κ2) is 7.41. The van der Waals surface area contributed by atoms with Crippen molar-refractivity contribution in [1.82, 2.24) is 0 Å². The molecule has 0 spiro atoms. The van der Waals surface area contributed by atoms with E-state index in [4.69, 9.17) is 9.79 Å². The van der Waals surface area contributed by atoms with E-state index < -0.39 is 7.60 Å². The Morgan fingerprint density at radius 2 is 1.07 bits per heavy atom. The second-order valence-corrected chi connectivity index (χ2v) is 5.11. The van der Waals surface area contributed by atoms with Gasteiger partial charge >= 0.3 is 7.60 Å². The fourth-order valence-corrected chi connectivity index (χ4v) is 1.34. The van der Waals surface area contributed by atoms with E-state index in [1.54, 1.807) is 0 Å². The molecule has 0 rings (SSSR count). The molecule has 0 saturated heterocycles. The van der Waals surface area contributed by atoms with Gasteiger partial charge in [-0.2, -0.15) is 0 Å². The average molecular weight is 226 g/mol. The fourth-order valence-electron chi connectivity index (χ4n) is 1.34. The van der Waals surface area contributed by atoms with Crippen molar-refractivity contribution in [2.45, 2.75) is 27.7 Å². The maximum absolute atomic E-state index is 9.33. The molecule has 0 radical (unpaired) electrons. The molecule has 2 N–H and O–H groups in total. The first kappa shape index (κ1) is 16.5. The maximum atomic E-state index is 9.33. The van der Waals surface area contributed by atoms with Crippen LogP contribution in [0.5, 0.6) is 0 Å². The zero-order valence-electron chi connectivity index (χ0n) is 10.0. The number of rotatable bonds is 4. The van der Waals surface area contributed by atoms with E-state index in [1.165, 1.54) is 30.7 Å². The summed E-state index contributed by atoms with van der Waals surface area (Å²) < 4.78 is 10.6. The van der Waals surface area contributed by atoms with Gasteiger partial charge in [0.25, 0.3) is 0 Å². The number of hydrogen-bond acceptors (Lipinski definition) is 1. The highest BCUT2D eigenvalue weighted by atomic mass is 31.2. The Labute approximate surface area is 87.7 Å². The highest BCUT2D eigenvalue weighted by molar-refractivity contribution is 7.50. The molecule has 0 aromatic carbocycles. The Morgan fingerprint density at radius 3 is 1.07 bits per heavy atom. The lowest BCUT2D eigenvalue weighted by molar-refractivity contribution is -0.921. The molecule has 0 aliphatic rings.